The lowest BCUT2D eigenvalue weighted by atomic mass is 10.0. The molecule has 0 radical (unpaired) electrons. The third-order valence-corrected chi connectivity index (χ3v) is 3.91. The van der Waals surface area contributed by atoms with Crippen molar-refractivity contribution in [2.24, 2.45) is 11.8 Å². The highest BCUT2D eigenvalue weighted by Gasteiger charge is 2.35. The van der Waals surface area contributed by atoms with Gasteiger partial charge in [0.2, 0.25) is 0 Å². The van der Waals surface area contributed by atoms with Gasteiger partial charge in [-0.2, -0.15) is 0 Å². The number of furan rings is 1. The molecule has 0 saturated carbocycles. The Bertz CT molecular complexity index is 349. The number of hydrogen-bond acceptors (Lipinski definition) is 3. The summed E-state index contributed by atoms with van der Waals surface area (Å²) in [5, 5.41) is 3.47. The third kappa shape index (κ3) is 1.89. The molecule has 3 nitrogen and oxygen atoms in total. The molecule has 2 saturated heterocycles. The summed E-state index contributed by atoms with van der Waals surface area (Å²) in [6, 6.07) is 4.24. The van der Waals surface area contributed by atoms with E-state index in [1.165, 1.54) is 26.2 Å². The van der Waals surface area contributed by atoms with E-state index in [9.17, 15) is 0 Å². The number of rotatable bonds is 3. The molecule has 0 amide bonds. The van der Waals surface area contributed by atoms with E-state index in [0.29, 0.717) is 0 Å². The molecule has 2 unspecified atom stereocenters. The highest BCUT2D eigenvalue weighted by atomic mass is 16.3. The van der Waals surface area contributed by atoms with Gasteiger partial charge in [0.15, 0.2) is 0 Å². The fraction of sp³-hybridized carbons (Fsp3) is 0.692. The zero-order valence-electron chi connectivity index (χ0n) is 9.91. The minimum Gasteiger partial charge on any atom is -0.465 e. The zero-order chi connectivity index (χ0) is 11.0. The van der Waals surface area contributed by atoms with Gasteiger partial charge in [-0.1, -0.05) is 6.92 Å². The van der Waals surface area contributed by atoms with Crippen molar-refractivity contribution in [1.29, 1.82) is 0 Å². The molecule has 0 spiro atoms. The SMILES string of the molecule is CCc1ccc(CN2CC3CNCC3C2)o1. The van der Waals surface area contributed by atoms with Crippen LogP contribution in [-0.2, 0) is 13.0 Å². The van der Waals surface area contributed by atoms with Gasteiger partial charge in [-0.15, -0.1) is 0 Å². The van der Waals surface area contributed by atoms with Crippen molar-refractivity contribution >= 4 is 0 Å². The van der Waals surface area contributed by atoms with Crippen molar-refractivity contribution in [2.75, 3.05) is 26.2 Å². The van der Waals surface area contributed by atoms with Crippen LogP contribution in [0.4, 0.5) is 0 Å². The number of likely N-dealkylation sites (tertiary alicyclic amines) is 1. The second-order valence-electron chi connectivity index (χ2n) is 5.09. The maximum Gasteiger partial charge on any atom is 0.118 e. The molecular formula is C13H20N2O. The van der Waals surface area contributed by atoms with Crippen LogP contribution < -0.4 is 5.32 Å². The molecule has 2 fully saturated rings. The monoisotopic (exact) mass is 220 g/mol. The fourth-order valence-corrected chi connectivity index (χ4v) is 3.00. The highest BCUT2D eigenvalue weighted by molar-refractivity contribution is 5.07. The van der Waals surface area contributed by atoms with Crippen LogP contribution in [0.15, 0.2) is 16.5 Å². The maximum absolute atomic E-state index is 5.76. The molecule has 3 rings (SSSR count). The topological polar surface area (TPSA) is 28.4 Å². The molecule has 2 atom stereocenters. The Morgan fingerprint density at radius 1 is 1.25 bits per heavy atom. The molecule has 2 aliphatic rings. The lowest BCUT2D eigenvalue weighted by molar-refractivity contribution is 0.274. The van der Waals surface area contributed by atoms with E-state index in [1.54, 1.807) is 0 Å². The minimum atomic E-state index is 0.876. The zero-order valence-corrected chi connectivity index (χ0v) is 9.91. The number of hydrogen-bond donors (Lipinski definition) is 1. The molecular weight excluding hydrogens is 200 g/mol. The van der Waals surface area contributed by atoms with Crippen molar-refractivity contribution in [2.45, 2.75) is 19.9 Å². The summed E-state index contributed by atoms with van der Waals surface area (Å²) in [7, 11) is 0. The quantitative estimate of drug-likeness (QED) is 0.836. The fourth-order valence-electron chi connectivity index (χ4n) is 3.00. The van der Waals surface area contributed by atoms with Gasteiger partial charge in [-0.05, 0) is 37.1 Å². The molecule has 1 aromatic rings. The second-order valence-corrected chi connectivity index (χ2v) is 5.09. The van der Waals surface area contributed by atoms with Crippen LogP contribution in [0, 0.1) is 11.8 Å². The van der Waals surface area contributed by atoms with Crippen molar-refractivity contribution in [1.82, 2.24) is 10.2 Å². The molecule has 16 heavy (non-hydrogen) atoms. The number of nitrogens with zero attached hydrogens (tertiary/aromatic N) is 1. The molecule has 3 heteroatoms. The van der Waals surface area contributed by atoms with Crippen molar-refractivity contribution in [3.63, 3.8) is 0 Å². The third-order valence-electron chi connectivity index (χ3n) is 3.91. The minimum absolute atomic E-state index is 0.876. The molecule has 3 heterocycles. The molecule has 0 bridgehead atoms. The first-order valence-corrected chi connectivity index (χ1v) is 6.36. The highest BCUT2D eigenvalue weighted by Crippen LogP contribution is 2.27. The van der Waals surface area contributed by atoms with Gasteiger partial charge in [0.25, 0.3) is 0 Å². The molecule has 1 N–H and O–H groups in total. The lowest BCUT2D eigenvalue weighted by Crippen LogP contribution is -2.25. The maximum atomic E-state index is 5.76. The van der Waals surface area contributed by atoms with Crippen LogP contribution in [0.2, 0.25) is 0 Å². The molecule has 88 valence electrons. The van der Waals surface area contributed by atoms with Gasteiger partial charge in [0.1, 0.15) is 11.5 Å². The van der Waals surface area contributed by atoms with E-state index in [4.69, 9.17) is 4.42 Å². The first-order chi connectivity index (χ1) is 7.85. The summed E-state index contributed by atoms with van der Waals surface area (Å²) >= 11 is 0. The Hall–Kier alpha value is -0.800. The summed E-state index contributed by atoms with van der Waals surface area (Å²) in [5.41, 5.74) is 0. The van der Waals surface area contributed by atoms with E-state index in [2.05, 4.69) is 29.3 Å². The van der Waals surface area contributed by atoms with Gasteiger partial charge in [0.05, 0.1) is 6.54 Å². The first kappa shape index (κ1) is 10.4. The summed E-state index contributed by atoms with van der Waals surface area (Å²) in [6.07, 6.45) is 0.995. The Morgan fingerprint density at radius 2 is 1.94 bits per heavy atom. The van der Waals surface area contributed by atoms with E-state index < -0.39 is 0 Å². The molecule has 0 aromatic carbocycles. The van der Waals surface area contributed by atoms with Gasteiger partial charge < -0.3 is 9.73 Å². The summed E-state index contributed by atoms with van der Waals surface area (Å²) in [4.78, 5) is 2.54. The predicted molar refractivity (Wildman–Crippen MR) is 63.2 cm³/mol. The Kier molecular flexibility index (Phi) is 2.74. The summed E-state index contributed by atoms with van der Waals surface area (Å²) < 4.78 is 5.76. The molecule has 0 aliphatic carbocycles. The van der Waals surface area contributed by atoms with E-state index >= 15 is 0 Å². The van der Waals surface area contributed by atoms with Crippen LogP contribution in [0.1, 0.15) is 18.4 Å². The predicted octanol–water partition coefficient (Wildman–Crippen LogP) is 1.49. The van der Waals surface area contributed by atoms with Gasteiger partial charge in [0, 0.05) is 19.5 Å². The van der Waals surface area contributed by atoms with Crippen molar-refractivity contribution < 1.29 is 4.42 Å². The average Bonchev–Trinajstić information content (AvgIpc) is 2.92. The second kappa shape index (κ2) is 4.22. The standard InChI is InChI=1S/C13H20N2O/c1-2-12-3-4-13(16-12)9-15-7-10-5-14-6-11(10)8-15/h3-4,10-11,14H,2,5-9H2,1H3. The number of aryl methyl sites for hydroxylation is 1. The van der Waals surface area contributed by atoms with Crippen molar-refractivity contribution in [3.8, 4) is 0 Å². The van der Waals surface area contributed by atoms with Crippen molar-refractivity contribution in [3.05, 3.63) is 23.7 Å². The van der Waals surface area contributed by atoms with E-state index in [0.717, 1.165) is 36.3 Å². The van der Waals surface area contributed by atoms with Gasteiger partial charge in [-0.25, -0.2) is 0 Å². The van der Waals surface area contributed by atoms with Gasteiger partial charge in [-0.3, -0.25) is 4.90 Å². The number of nitrogens with one attached hydrogen (secondary N) is 1. The largest absolute Gasteiger partial charge is 0.465 e. The summed E-state index contributed by atoms with van der Waals surface area (Å²) in [6.45, 7) is 8.01. The van der Waals surface area contributed by atoms with E-state index in [1.807, 2.05) is 0 Å². The van der Waals surface area contributed by atoms with E-state index in [-0.39, 0.29) is 0 Å². The summed E-state index contributed by atoms with van der Waals surface area (Å²) in [5.74, 6) is 3.99. The normalized spacial score (nSPS) is 29.8. The smallest absolute Gasteiger partial charge is 0.118 e. The van der Waals surface area contributed by atoms with Crippen LogP contribution in [0.3, 0.4) is 0 Å². The van der Waals surface area contributed by atoms with Crippen LogP contribution in [0.25, 0.3) is 0 Å². The first-order valence-electron chi connectivity index (χ1n) is 6.36. The lowest BCUT2D eigenvalue weighted by Gasteiger charge is -2.14. The molecule has 1 aromatic heterocycles. The number of fused-ring (bicyclic) bond motifs is 1. The van der Waals surface area contributed by atoms with Gasteiger partial charge >= 0.3 is 0 Å². The van der Waals surface area contributed by atoms with Crippen LogP contribution in [0.5, 0.6) is 0 Å². The Balaban J connectivity index is 1.59. The molecule has 2 aliphatic heterocycles. The Labute approximate surface area is 96.8 Å². The Morgan fingerprint density at radius 3 is 2.56 bits per heavy atom. The van der Waals surface area contributed by atoms with Crippen LogP contribution >= 0.6 is 0 Å². The average molecular weight is 220 g/mol. The van der Waals surface area contributed by atoms with Crippen LogP contribution in [-0.4, -0.2) is 31.1 Å².